The highest BCUT2D eigenvalue weighted by Gasteiger charge is 2.23. The molecule has 3 heterocycles. The van der Waals surface area contributed by atoms with Crippen molar-refractivity contribution in [2.24, 2.45) is 5.92 Å². The SMILES string of the molecule is CC(=O)N1CCC(Cn2nnnc2N(C)Cc2cscn2)CC1. The van der Waals surface area contributed by atoms with Crippen molar-refractivity contribution in [3.8, 4) is 0 Å². The summed E-state index contributed by atoms with van der Waals surface area (Å²) in [5.41, 5.74) is 2.84. The fourth-order valence-electron chi connectivity index (χ4n) is 2.90. The summed E-state index contributed by atoms with van der Waals surface area (Å²) in [6, 6.07) is 0. The predicted molar refractivity (Wildman–Crippen MR) is 87.0 cm³/mol. The number of piperidine rings is 1. The van der Waals surface area contributed by atoms with Crippen molar-refractivity contribution in [3.05, 3.63) is 16.6 Å². The van der Waals surface area contributed by atoms with Crippen LogP contribution in [-0.2, 0) is 17.9 Å². The van der Waals surface area contributed by atoms with Gasteiger partial charge in [-0.2, -0.15) is 0 Å². The zero-order chi connectivity index (χ0) is 16.2. The number of carbonyl (C=O) groups is 1. The maximum Gasteiger partial charge on any atom is 0.245 e. The van der Waals surface area contributed by atoms with Crippen molar-refractivity contribution < 1.29 is 4.79 Å². The average molecular weight is 335 g/mol. The Morgan fingerprint density at radius 3 is 2.87 bits per heavy atom. The van der Waals surface area contributed by atoms with Crippen LogP contribution < -0.4 is 4.90 Å². The lowest BCUT2D eigenvalue weighted by Gasteiger charge is -2.31. The summed E-state index contributed by atoms with van der Waals surface area (Å²) in [6.45, 7) is 4.76. The van der Waals surface area contributed by atoms with Crippen LogP contribution in [0.3, 0.4) is 0 Å². The number of hydrogen-bond acceptors (Lipinski definition) is 7. The van der Waals surface area contributed by atoms with Gasteiger partial charge in [0.25, 0.3) is 0 Å². The molecule has 9 heteroatoms. The van der Waals surface area contributed by atoms with E-state index in [-0.39, 0.29) is 5.91 Å². The van der Waals surface area contributed by atoms with Gasteiger partial charge in [-0.3, -0.25) is 4.79 Å². The molecule has 0 bridgehead atoms. The summed E-state index contributed by atoms with van der Waals surface area (Å²) < 4.78 is 1.86. The van der Waals surface area contributed by atoms with E-state index in [2.05, 4.69) is 20.5 Å². The number of carbonyl (C=O) groups excluding carboxylic acids is 1. The van der Waals surface area contributed by atoms with Gasteiger partial charge in [-0.25, -0.2) is 9.67 Å². The molecule has 1 aliphatic rings. The number of aromatic nitrogens is 5. The number of likely N-dealkylation sites (tertiary alicyclic amines) is 1. The molecular formula is C14H21N7OS. The lowest BCUT2D eigenvalue weighted by molar-refractivity contribution is -0.130. The van der Waals surface area contributed by atoms with Gasteiger partial charge in [0, 0.05) is 39.0 Å². The van der Waals surface area contributed by atoms with Gasteiger partial charge >= 0.3 is 0 Å². The molecule has 0 radical (unpaired) electrons. The molecule has 124 valence electrons. The van der Waals surface area contributed by atoms with Crippen molar-refractivity contribution in [2.75, 3.05) is 25.0 Å². The molecule has 0 unspecified atom stereocenters. The van der Waals surface area contributed by atoms with E-state index in [0.29, 0.717) is 12.5 Å². The van der Waals surface area contributed by atoms with Gasteiger partial charge in [-0.05, 0) is 29.2 Å². The van der Waals surface area contributed by atoms with E-state index in [1.807, 2.05) is 32.4 Å². The Kier molecular flexibility index (Phi) is 4.85. The standard InChI is InChI=1S/C14H21N7OS/c1-11(22)20-5-3-12(4-6-20)7-21-14(16-17-18-21)19(2)8-13-9-23-10-15-13/h9-10,12H,3-8H2,1-2H3. The summed E-state index contributed by atoms with van der Waals surface area (Å²) in [5, 5.41) is 14.1. The summed E-state index contributed by atoms with van der Waals surface area (Å²) in [4.78, 5) is 19.6. The Morgan fingerprint density at radius 1 is 1.43 bits per heavy atom. The molecule has 1 saturated heterocycles. The minimum atomic E-state index is 0.162. The van der Waals surface area contributed by atoms with E-state index >= 15 is 0 Å². The number of thiazole rings is 1. The molecule has 0 atom stereocenters. The number of anilines is 1. The van der Waals surface area contributed by atoms with E-state index in [1.54, 1.807) is 18.3 Å². The highest BCUT2D eigenvalue weighted by Crippen LogP contribution is 2.21. The average Bonchev–Trinajstić information content (AvgIpc) is 3.19. The third-order valence-electron chi connectivity index (χ3n) is 4.23. The predicted octanol–water partition coefficient (Wildman–Crippen LogP) is 1.02. The van der Waals surface area contributed by atoms with Gasteiger partial charge in [-0.1, -0.05) is 5.10 Å². The zero-order valence-electron chi connectivity index (χ0n) is 13.4. The summed E-state index contributed by atoms with van der Waals surface area (Å²) in [7, 11) is 1.97. The lowest BCUT2D eigenvalue weighted by atomic mass is 9.97. The first-order valence-corrected chi connectivity index (χ1v) is 8.67. The van der Waals surface area contributed by atoms with Crippen LogP contribution >= 0.6 is 11.3 Å². The third-order valence-corrected chi connectivity index (χ3v) is 4.86. The first-order valence-electron chi connectivity index (χ1n) is 7.73. The number of nitrogens with zero attached hydrogens (tertiary/aromatic N) is 7. The van der Waals surface area contributed by atoms with E-state index in [1.165, 1.54) is 0 Å². The zero-order valence-corrected chi connectivity index (χ0v) is 14.2. The van der Waals surface area contributed by atoms with Gasteiger partial charge < -0.3 is 9.80 Å². The minimum Gasteiger partial charge on any atom is -0.343 e. The van der Waals surface area contributed by atoms with Crippen LogP contribution in [0.5, 0.6) is 0 Å². The van der Waals surface area contributed by atoms with Gasteiger partial charge in [0.2, 0.25) is 11.9 Å². The molecular weight excluding hydrogens is 314 g/mol. The van der Waals surface area contributed by atoms with Gasteiger partial charge in [0.15, 0.2) is 0 Å². The Hall–Kier alpha value is -2.03. The van der Waals surface area contributed by atoms with Crippen LogP contribution in [0, 0.1) is 5.92 Å². The Bertz CT molecular complexity index is 633. The number of tetrazole rings is 1. The molecule has 3 rings (SSSR count). The maximum absolute atomic E-state index is 11.4. The molecule has 0 saturated carbocycles. The fraction of sp³-hybridized carbons (Fsp3) is 0.643. The maximum atomic E-state index is 11.4. The topological polar surface area (TPSA) is 80.0 Å². The molecule has 1 fully saturated rings. The smallest absolute Gasteiger partial charge is 0.245 e. The minimum absolute atomic E-state index is 0.162. The van der Waals surface area contributed by atoms with Gasteiger partial charge in [0.05, 0.1) is 17.7 Å². The molecule has 23 heavy (non-hydrogen) atoms. The van der Waals surface area contributed by atoms with E-state index in [4.69, 9.17) is 0 Å². The largest absolute Gasteiger partial charge is 0.343 e. The molecule has 2 aromatic heterocycles. The highest BCUT2D eigenvalue weighted by atomic mass is 32.1. The number of rotatable bonds is 5. The van der Waals surface area contributed by atoms with Crippen molar-refractivity contribution in [2.45, 2.75) is 32.9 Å². The van der Waals surface area contributed by atoms with Crippen LogP contribution in [0.1, 0.15) is 25.5 Å². The Labute approximate surface area is 139 Å². The molecule has 0 aromatic carbocycles. The first kappa shape index (κ1) is 15.9. The summed E-state index contributed by atoms with van der Waals surface area (Å²) in [5.74, 6) is 1.42. The first-order chi connectivity index (χ1) is 11.1. The van der Waals surface area contributed by atoms with E-state index in [0.717, 1.165) is 44.1 Å². The van der Waals surface area contributed by atoms with Crippen LogP contribution in [0.15, 0.2) is 10.9 Å². The van der Waals surface area contributed by atoms with Crippen molar-refractivity contribution in [1.82, 2.24) is 30.1 Å². The molecule has 0 aliphatic carbocycles. The fourth-order valence-corrected chi connectivity index (χ4v) is 3.45. The van der Waals surface area contributed by atoms with E-state index in [9.17, 15) is 4.79 Å². The summed E-state index contributed by atoms with van der Waals surface area (Å²) >= 11 is 1.59. The van der Waals surface area contributed by atoms with Crippen molar-refractivity contribution in [1.29, 1.82) is 0 Å². The van der Waals surface area contributed by atoms with Gasteiger partial charge in [-0.15, -0.1) is 11.3 Å². The molecule has 1 aliphatic heterocycles. The van der Waals surface area contributed by atoms with Crippen LogP contribution in [0.25, 0.3) is 0 Å². The molecule has 8 nitrogen and oxygen atoms in total. The second-order valence-electron chi connectivity index (χ2n) is 5.95. The van der Waals surface area contributed by atoms with Crippen LogP contribution in [0.4, 0.5) is 5.95 Å². The quantitative estimate of drug-likeness (QED) is 0.812. The second-order valence-corrected chi connectivity index (χ2v) is 6.66. The Morgan fingerprint density at radius 2 is 2.22 bits per heavy atom. The number of hydrogen-bond donors (Lipinski definition) is 0. The highest BCUT2D eigenvalue weighted by molar-refractivity contribution is 7.07. The van der Waals surface area contributed by atoms with Crippen molar-refractivity contribution in [3.63, 3.8) is 0 Å². The molecule has 1 amide bonds. The van der Waals surface area contributed by atoms with Crippen LogP contribution in [0.2, 0.25) is 0 Å². The third kappa shape index (κ3) is 3.84. The Balaban J connectivity index is 1.59. The number of amides is 1. The monoisotopic (exact) mass is 335 g/mol. The molecule has 0 N–H and O–H groups in total. The molecule has 0 spiro atoms. The van der Waals surface area contributed by atoms with Gasteiger partial charge in [0.1, 0.15) is 0 Å². The normalized spacial score (nSPS) is 15.8. The van der Waals surface area contributed by atoms with Crippen molar-refractivity contribution >= 4 is 23.2 Å². The van der Waals surface area contributed by atoms with E-state index < -0.39 is 0 Å². The second kappa shape index (κ2) is 7.03. The van der Waals surface area contributed by atoms with Crippen LogP contribution in [-0.4, -0.2) is 56.1 Å². The lowest BCUT2D eigenvalue weighted by Crippen LogP contribution is -2.38. The molecule has 2 aromatic rings. The summed E-state index contributed by atoms with van der Waals surface area (Å²) in [6.07, 6.45) is 1.99.